The maximum Gasteiger partial charge on any atom is 0.331 e. The summed E-state index contributed by atoms with van der Waals surface area (Å²) in [7, 11) is 1.12. The van der Waals surface area contributed by atoms with E-state index >= 15 is 0 Å². The van der Waals surface area contributed by atoms with Crippen LogP contribution in [0.1, 0.15) is 30.6 Å². The number of carbonyl (C=O) groups is 4. The van der Waals surface area contributed by atoms with Crippen molar-refractivity contribution in [3.63, 3.8) is 0 Å². The van der Waals surface area contributed by atoms with Gasteiger partial charge in [-0.05, 0) is 19.9 Å². The molecule has 0 aliphatic carbocycles. The van der Waals surface area contributed by atoms with Crippen LogP contribution >= 0.6 is 0 Å². The van der Waals surface area contributed by atoms with Crippen molar-refractivity contribution in [1.29, 1.82) is 0 Å². The van der Waals surface area contributed by atoms with Crippen LogP contribution in [-0.4, -0.2) is 75.5 Å². The number of hydrogen-bond acceptors (Lipinski definition) is 11. The third-order valence-corrected chi connectivity index (χ3v) is 3.95. The molecule has 0 spiro atoms. The van der Waals surface area contributed by atoms with Crippen LogP contribution in [0.5, 0.6) is 0 Å². The molecule has 14 heteroatoms. The minimum absolute atomic E-state index is 0.00810. The van der Waals surface area contributed by atoms with Gasteiger partial charge in [0.05, 0.1) is 24.2 Å². The highest BCUT2D eigenvalue weighted by Gasteiger charge is 2.27. The standard InChI is InChI=1S/C12H14N2O6.C4H9NO3.C4H4O2/c1-7(15)10(12(17)20-2)13-11(16)8-4-3-5-9(6-8)14(18)19;1-2(6)3(5)4(7)8;1-3-2-4(5)6-3/h3-7,10,15H,1-2H3,(H,13,16);2-3,6H,5H2,1H3,(H,7,8);1-2H2/t7-,10+;2-,3+;/m00./s1. The molecule has 0 unspecified atom stereocenters. The van der Waals surface area contributed by atoms with Gasteiger partial charge in [0, 0.05) is 17.7 Å². The molecule has 0 bridgehead atoms. The van der Waals surface area contributed by atoms with Crippen molar-refractivity contribution >= 4 is 29.5 Å². The summed E-state index contributed by atoms with van der Waals surface area (Å²) in [6.07, 6.45) is -1.72. The number of nitrogens with one attached hydrogen (secondary N) is 1. The van der Waals surface area contributed by atoms with Crippen molar-refractivity contribution < 1.29 is 48.9 Å². The monoisotopic (exact) mass is 485 g/mol. The highest BCUT2D eigenvalue weighted by Crippen LogP contribution is 2.14. The van der Waals surface area contributed by atoms with Crippen molar-refractivity contribution in [2.75, 3.05) is 7.11 Å². The molecule has 1 fully saturated rings. The Hall–Kier alpha value is -3.88. The number of hydrogen-bond donors (Lipinski definition) is 5. The third-order valence-electron chi connectivity index (χ3n) is 3.95. The second-order valence-electron chi connectivity index (χ2n) is 6.82. The number of benzene rings is 1. The van der Waals surface area contributed by atoms with Crippen LogP contribution < -0.4 is 11.1 Å². The summed E-state index contributed by atoms with van der Waals surface area (Å²) in [6.45, 7) is 6.01. The molecule has 34 heavy (non-hydrogen) atoms. The Labute approximate surface area is 194 Å². The fourth-order valence-electron chi connectivity index (χ4n) is 2.01. The first-order chi connectivity index (χ1) is 15.7. The number of nitrogens with two attached hydrogens (primary N) is 1. The van der Waals surface area contributed by atoms with Crippen molar-refractivity contribution in [3.05, 3.63) is 52.3 Å². The number of nitro benzene ring substituents is 1. The van der Waals surface area contributed by atoms with E-state index in [1.54, 1.807) is 0 Å². The number of carboxylic acid groups (broad SMARTS) is 1. The Balaban J connectivity index is 0.000000631. The van der Waals surface area contributed by atoms with Crippen LogP contribution in [0.25, 0.3) is 0 Å². The van der Waals surface area contributed by atoms with E-state index in [9.17, 15) is 34.4 Å². The molecule has 6 N–H and O–H groups in total. The van der Waals surface area contributed by atoms with Gasteiger partial charge in [-0.25, -0.2) is 4.79 Å². The average Bonchev–Trinajstić information content (AvgIpc) is 2.76. The van der Waals surface area contributed by atoms with Crippen LogP contribution in [0.3, 0.4) is 0 Å². The number of esters is 2. The quantitative estimate of drug-likeness (QED) is 0.186. The van der Waals surface area contributed by atoms with E-state index in [1.807, 2.05) is 0 Å². The number of nitrogens with zero attached hydrogens (tertiary/aromatic N) is 1. The molecule has 4 atom stereocenters. The summed E-state index contributed by atoms with van der Waals surface area (Å²) in [5, 5.41) is 38.9. The number of methoxy groups -OCH3 is 1. The lowest BCUT2D eigenvalue weighted by atomic mass is 10.1. The molecule has 1 aromatic carbocycles. The highest BCUT2D eigenvalue weighted by molar-refractivity contribution is 5.97. The van der Waals surface area contributed by atoms with E-state index in [2.05, 4.69) is 21.4 Å². The number of carbonyl (C=O) groups excluding carboxylic acids is 3. The molecule has 1 saturated heterocycles. The van der Waals surface area contributed by atoms with Crippen LogP contribution in [-0.2, 0) is 23.9 Å². The Morgan fingerprint density at radius 3 is 2.12 bits per heavy atom. The molecule has 2 rings (SSSR count). The fraction of sp³-hybridized carbons (Fsp3) is 0.400. The summed E-state index contributed by atoms with van der Waals surface area (Å²) in [5.74, 6) is -2.29. The summed E-state index contributed by atoms with van der Waals surface area (Å²) in [4.78, 5) is 53.0. The summed E-state index contributed by atoms with van der Waals surface area (Å²) in [5.41, 5.74) is 4.67. The molecule has 1 heterocycles. The van der Waals surface area contributed by atoms with Crippen molar-refractivity contribution in [2.45, 2.75) is 44.6 Å². The molecular weight excluding hydrogens is 458 g/mol. The van der Waals surface area contributed by atoms with Gasteiger partial charge in [0.2, 0.25) is 0 Å². The van der Waals surface area contributed by atoms with Gasteiger partial charge in [-0.3, -0.25) is 24.5 Å². The predicted octanol–water partition coefficient (Wildman–Crippen LogP) is -0.527. The number of aliphatic hydroxyl groups is 2. The van der Waals surface area contributed by atoms with Crippen LogP contribution in [0.2, 0.25) is 0 Å². The van der Waals surface area contributed by atoms with Crippen LogP contribution in [0.4, 0.5) is 5.69 Å². The van der Waals surface area contributed by atoms with Gasteiger partial charge in [-0.2, -0.15) is 0 Å². The topological polar surface area (TPSA) is 229 Å². The Kier molecular flexibility index (Phi) is 12.7. The molecule has 188 valence electrons. The highest BCUT2D eigenvalue weighted by atomic mass is 16.6. The second kappa shape index (κ2) is 14.3. The zero-order valence-corrected chi connectivity index (χ0v) is 18.7. The summed E-state index contributed by atoms with van der Waals surface area (Å²) in [6, 6.07) is 2.62. The van der Waals surface area contributed by atoms with Gasteiger partial charge in [-0.15, -0.1) is 0 Å². The number of ether oxygens (including phenoxy) is 2. The van der Waals surface area contributed by atoms with Crippen molar-refractivity contribution in [3.8, 4) is 0 Å². The molecule has 1 aliphatic heterocycles. The zero-order valence-electron chi connectivity index (χ0n) is 18.7. The molecule has 0 radical (unpaired) electrons. The molecule has 1 aliphatic rings. The predicted molar refractivity (Wildman–Crippen MR) is 115 cm³/mol. The lowest BCUT2D eigenvalue weighted by molar-refractivity contribution is -0.384. The first-order valence-corrected chi connectivity index (χ1v) is 9.57. The third kappa shape index (κ3) is 10.6. The van der Waals surface area contributed by atoms with E-state index in [-0.39, 0.29) is 17.2 Å². The van der Waals surface area contributed by atoms with E-state index in [4.69, 9.17) is 15.9 Å². The summed E-state index contributed by atoms with van der Waals surface area (Å²) < 4.78 is 8.76. The van der Waals surface area contributed by atoms with Gasteiger partial charge in [-0.1, -0.05) is 12.6 Å². The molecule has 1 aromatic rings. The van der Waals surface area contributed by atoms with E-state index in [1.165, 1.54) is 32.0 Å². The number of aliphatic hydroxyl groups excluding tert-OH is 2. The smallest absolute Gasteiger partial charge is 0.331 e. The average molecular weight is 485 g/mol. The maximum atomic E-state index is 11.9. The molecular formula is C20H27N3O11. The van der Waals surface area contributed by atoms with E-state index < -0.39 is 47.1 Å². The molecule has 0 aromatic heterocycles. The fourth-order valence-corrected chi connectivity index (χ4v) is 2.01. The van der Waals surface area contributed by atoms with E-state index in [0.29, 0.717) is 12.2 Å². The van der Waals surface area contributed by atoms with Gasteiger partial charge in [0.25, 0.3) is 11.6 Å². The molecule has 14 nitrogen and oxygen atoms in total. The van der Waals surface area contributed by atoms with Gasteiger partial charge >= 0.3 is 17.9 Å². The van der Waals surface area contributed by atoms with Crippen molar-refractivity contribution in [2.24, 2.45) is 5.73 Å². The first kappa shape index (κ1) is 30.1. The van der Waals surface area contributed by atoms with Gasteiger partial charge in [0.1, 0.15) is 18.2 Å². The number of carboxylic acids is 1. The zero-order chi connectivity index (χ0) is 26.6. The minimum atomic E-state index is -1.24. The SMILES string of the molecule is C=C1CC(=O)O1.COC(=O)[C@H](NC(=O)c1cccc([N+](=O)[O-])c1)[C@H](C)O.C[C@H](O)[C@@H](N)C(=O)O. The summed E-state index contributed by atoms with van der Waals surface area (Å²) >= 11 is 0. The molecule has 1 amide bonds. The lowest BCUT2D eigenvalue weighted by Gasteiger charge is -2.18. The van der Waals surface area contributed by atoms with Crippen molar-refractivity contribution in [1.82, 2.24) is 5.32 Å². The van der Waals surface area contributed by atoms with Gasteiger partial charge in [0.15, 0.2) is 6.04 Å². The largest absolute Gasteiger partial charge is 0.480 e. The number of rotatable bonds is 7. The Morgan fingerprint density at radius 2 is 1.82 bits per heavy atom. The van der Waals surface area contributed by atoms with E-state index in [0.717, 1.165) is 13.2 Å². The normalized spacial score (nSPS) is 15.2. The first-order valence-electron chi connectivity index (χ1n) is 9.57. The number of cyclic esters (lactones) is 1. The Morgan fingerprint density at radius 1 is 1.26 bits per heavy atom. The van der Waals surface area contributed by atoms with Crippen LogP contribution in [0, 0.1) is 10.1 Å². The maximum absolute atomic E-state index is 11.9. The number of amides is 1. The molecule has 0 saturated carbocycles. The second-order valence-corrected chi connectivity index (χ2v) is 6.82. The van der Waals surface area contributed by atoms with Gasteiger partial charge < -0.3 is 35.8 Å². The number of non-ortho nitro benzene ring substituents is 1. The number of aliphatic carboxylic acids is 1. The lowest BCUT2D eigenvalue weighted by Crippen LogP contribution is -2.48. The number of nitro groups is 1. The Bertz CT molecular complexity index is 893. The van der Waals surface area contributed by atoms with Crippen LogP contribution in [0.15, 0.2) is 36.6 Å². The minimum Gasteiger partial charge on any atom is -0.480 e.